The van der Waals surface area contributed by atoms with Gasteiger partial charge in [-0.05, 0) is 42.3 Å². The van der Waals surface area contributed by atoms with Gasteiger partial charge in [0.05, 0.1) is 43.3 Å². The van der Waals surface area contributed by atoms with Gasteiger partial charge in [-0.15, -0.1) is 11.8 Å². The predicted octanol–water partition coefficient (Wildman–Crippen LogP) is 6.37. The highest BCUT2D eigenvalue weighted by atomic mass is 31.2. The topological polar surface area (TPSA) is 218 Å². The van der Waals surface area contributed by atoms with E-state index in [1.54, 1.807) is 0 Å². The van der Waals surface area contributed by atoms with Crippen LogP contribution in [0.2, 0.25) is 0 Å². The zero-order chi connectivity index (χ0) is 39.7. The largest absolute Gasteiger partial charge is 0.472 e. The molecule has 1 aromatic carbocycles. The summed E-state index contributed by atoms with van der Waals surface area (Å²) in [5.41, 5.74) is 4.65. The Balaban J connectivity index is 1.28. The van der Waals surface area contributed by atoms with Crippen LogP contribution in [0.5, 0.6) is 0 Å². The second-order valence-electron chi connectivity index (χ2n) is 13.7. The van der Waals surface area contributed by atoms with Crippen LogP contribution < -0.4 is 5.73 Å². The smallest absolute Gasteiger partial charge is 0.387 e. The molecule has 6 atom stereocenters. The molecule has 2 aromatic heterocycles. The van der Waals surface area contributed by atoms with Crippen LogP contribution in [-0.2, 0) is 35.3 Å². The molecule has 3 heterocycles. The number of aromatic nitrogens is 3. The molecule has 298 valence electrons. The van der Waals surface area contributed by atoms with Crippen molar-refractivity contribution in [2.45, 2.75) is 133 Å². The summed E-state index contributed by atoms with van der Waals surface area (Å²) in [4.78, 5) is 14.4. The van der Waals surface area contributed by atoms with Gasteiger partial charge >= 0.3 is 7.82 Å². The van der Waals surface area contributed by atoms with Crippen molar-refractivity contribution >= 4 is 19.2 Å². The Morgan fingerprint density at radius 2 is 1.71 bits per heavy atom. The van der Waals surface area contributed by atoms with E-state index in [-0.39, 0.29) is 30.1 Å². The van der Waals surface area contributed by atoms with E-state index in [2.05, 4.69) is 28.8 Å². The number of fused-ring (bicyclic) bond motifs is 1. The number of hydrogen-bond acceptors (Lipinski definition) is 12. The van der Waals surface area contributed by atoms with Gasteiger partial charge in [-0.1, -0.05) is 77.6 Å². The molecule has 1 unspecified atom stereocenters. The molecular weight excluding hydrogens is 730 g/mol. The Morgan fingerprint density at radius 3 is 2.38 bits per heavy atom. The SMILES string of the molecule is CCCCCCCCCCCCCCC#CC[C@H](COP(=O)(O)OC[C@H]1O[C@@](C#N)(c2ccc3c(N)ncnn23)[C@H](O)[C@@H]1O)OCc1cc(F)cc(C#N)c1. The number of nitrogen functional groups attached to an aromatic ring is 1. The molecule has 1 aliphatic heterocycles. The maximum absolute atomic E-state index is 14.0. The minimum atomic E-state index is -4.82. The van der Waals surface area contributed by atoms with Crippen LogP contribution in [0.25, 0.3) is 5.52 Å². The number of phosphoric acid groups is 1. The monoisotopic (exact) mass is 782 g/mol. The molecule has 1 saturated heterocycles. The Bertz CT molecular complexity index is 1870. The van der Waals surface area contributed by atoms with Crippen molar-refractivity contribution in [2.24, 2.45) is 0 Å². The number of nitriles is 2. The number of aliphatic hydroxyl groups excluding tert-OH is 2. The lowest BCUT2D eigenvalue weighted by molar-refractivity contribution is -0.0656. The first-order chi connectivity index (χ1) is 26.5. The molecular formula is C39H52FN6O8P. The van der Waals surface area contributed by atoms with Crippen LogP contribution in [0.3, 0.4) is 0 Å². The third kappa shape index (κ3) is 12.8. The third-order valence-electron chi connectivity index (χ3n) is 9.49. The van der Waals surface area contributed by atoms with Crippen molar-refractivity contribution in [1.82, 2.24) is 14.6 Å². The van der Waals surface area contributed by atoms with Crippen molar-refractivity contribution in [1.29, 1.82) is 10.5 Å². The summed E-state index contributed by atoms with van der Waals surface area (Å²) in [6, 6.07) is 10.5. The van der Waals surface area contributed by atoms with Crippen molar-refractivity contribution in [3.63, 3.8) is 0 Å². The molecule has 0 amide bonds. The average molecular weight is 783 g/mol. The first-order valence-electron chi connectivity index (χ1n) is 19.0. The van der Waals surface area contributed by atoms with Crippen LogP contribution in [0.15, 0.2) is 36.7 Å². The van der Waals surface area contributed by atoms with Gasteiger partial charge in [0.25, 0.3) is 0 Å². The molecule has 16 heteroatoms. The van der Waals surface area contributed by atoms with Gasteiger partial charge in [-0.2, -0.15) is 15.6 Å². The van der Waals surface area contributed by atoms with Crippen LogP contribution in [0.4, 0.5) is 10.2 Å². The van der Waals surface area contributed by atoms with E-state index in [1.807, 2.05) is 12.1 Å². The number of ether oxygens (including phenoxy) is 2. The number of nitrogens with two attached hydrogens (primary N) is 1. The number of benzene rings is 1. The quantitative estimate of drug-likeness (QED) is 0.0468. The molecule has 0 saturated carbocycles. The van der Waals surface area contributed by atoms with Crippen LogP contribution in [-0.4, -0.2) is 67.3 Å². The molecule has 1 aliphatic rings. The summed E-state index contributed by atoms with van der Waals surface area (Å²) in [5.74, 6) is 5.66. The fraction of sp³-hybridized carbons (Fsp3) is 0.590. The number of unbranched alkanes of at least 4 members (excludes halogenated alkanes) is 12. The van der Waals surface area contributed by atoms with E-state index in [0.717, 1.165) is 31.7 Å². The van der Waals surface area contributed by atoms with Crippen molar-refractivity contribution in [2.75, 3.05) is 18.9 Å². The number of rotatable bonds is 23. The van der Waals surface area contributed by atoms with E-state index in [9.17, 15) is 34.6 Å². The van der Waals surface area contributed by atoms with E-state index in [1.165, 1.54) is 86.6 Å². The first kappa shape index (κ1) is 43.8. The van der Waals surface area contributed by atoms with Crippen molar-refractivity contribution in [3.05, 3.63) is 59.3 Å². The summed E-state index contributed by atoms with van der Waals surface area (Å²) >= 11 is 0. The maximum Gasteiger partial charge on any atom is 0.472 e. The maximum atomic E-state index is 14.0. The van der Waals surface area contributed by atoms with Gasteiger partial charge < -0.3 is 30.3 Å². The first-order valence-corrected chi connectivity index (χ1v) is 20.5. The molecule has 3 aromatic rings. The Hall–Kier alpha value is -3.94. The second-order valence-corrected chi connectivity index (χ2v) is 15.2. The van der Waals surface area contributed by atoms with Crippen LogP contribution in [0.1, 0.15) is 114 Å². The summed E-state index contributed by atoms with van der Waals surface area (Å²) in [5, 5.41) is 45.1. The van der Waals surface area contributed by atoms with E-state index in [0.29, 0.717) is 17.5 Å². The number of nitrogens with zero attached hydrogens (tertiary/aromatic N) is 5. The molecule has 5 N–H and O–H groups in total. The molecule has 55 heavy (non-hydrogen) atoms. The third-order valence-corrected chi connectivity index (χ3v) is 10.4. The molecule has 1 fully saturated rings. The van der Waals surface area contributed by atoms with Crippen LogP contribution >= 0.6 is 7.82 Å². The van der Waals surface area contributed by atoms with Crippen LogP contribution in [0, 0.1) is 40.3 Å². The fourth-order valence-electron chi connectivity index (χ4n) is 6.44. The number of halogens is 1. The number of phosphoric ester groups is 1. The molecule has 0 radical (unpaired) electrons. The zero-order valence-corrected chi connectivity index (χ0v) is 32.2. The number of hydrogen-bond donors (Lipinski definition) is 4. The molecule has 0 bridgehead atoms. The summed E-state index contributed by atoms with van der Waals surface area (Å²) in [6.45, 7) is 0.922. The van der Waals surface area contributed by atoms with Gasteiger partial charge in [0.15, 0.2) is 5.82 Å². The highest BCUT2D eigenvalue weighted by Crippen LogP contribution is 2.46. The minimum absolute atomic E-state index is 0.0525. The highest BCUT2D eigenvalue weighted by molar-refractivity contribution is 7.47. The lowest BCUT2D eigenvalue weighted by atomic mass is 9.92. The van der Waals surface area contributed by atoms with Gasteiger partial charge in [0.1, 0.15) is 42.0 Å². The molecule has 4 rings (SSSR count). The van der Waals surface area contributed by atoms with Crippen molar-refractivity contribution in [3.8, 4) is 24.0 Å². The fourth-order valence-corrected chi connectivity index (χ4v) is 7.20. The Labute approximate surface area is 322 Å². The van der Waals surface area contributed by atoms with Gasteiger partial charge in [-0.3, -0.25) is 9.05 Å². The minimum Gasteiger partial charge on any atom is -0.387 e. The Kier molecular flexibility index (Phi) is 17.5. The molecule has 0 spiro atoms. The van der Waals surface area contributed by atoms with Gasteiger partial charge in [-0.25, -0.2) is 18.5 Å². The van der Waals surface area contributed by atoms with Gasteiger partial charge in [0, 0.05) is 12.8 Å². The average Bonchev–Trinajstić information content (AvgIpc) is 3.72. The summed E-state index contributed by atoms with van der Waals surface area (Å²) in [7, 11) is -4.82. The lowest BCUT2D eigenvalue weighted by Gasteiger charge is -2.24. The van der Waals surface area contributed by atoms with E-state index >= 15 is 0 Å². The van der Waals surface area contributed by atoms with Crippen molar-refractivity contribution < 1.29 is 42.6 Å². The molecule has 0 aliphatic carbocycles. The normalized spacial score (nSPS) is 21.0. The standard InChI is InChI=1S/C39H52FN6O8P/c1-2-3-4-5-6-7-8-9-10-11-12-13-14-15-16-17-32(51-24-30-20-29(23-41)21-31(40)22-30)25-52-55(49,50)53-26-34-36(47)37(48)39(27-42,54-34)35-19-18-33-38(43)44-28-45-46(33)35/h18-22,28,32,34,36-37,47-48H,2-14,17,24-26H2,1H3,(H,49,50)(H2,43,44,45)/t32-,34-,36-,37-,39+/m1/s1. The summed E-state index contributed by atoms with van der Waals surface area (Å²) in [6.07, 6.45) is 11.0. The lowest BCUT2D eigenvalue weighted by Crippen LogP contribution is -2.41. The molecule has 14 nitrogen and oxygen atoms in total. The second kappa shape index (κ2) is 22.0. The van der Waals surface area contributed by atoms with E-state index < -0.39 is 56.9 Å². The number of anilines is 1. The Morgan fingerprint density at radius 1 is 1.02 bits per heavy atom. The zero-order valence-electron chi connectivity index (χ0n) is 31.3. The van der Waals surface area contributed by atoms with Gasteiger partial charge in [0.2, 0.25) is 5.60 Å². The summed E-state index contributed by atoms with van der Waals surface area (Å²) < 4.78 is 50.3. The van der Waals surface area contributed by atoms with E-state index in [4.69, 9.17) is 24.3 Å². The highest BCUT2D eigenvalue weighted by Gasteiger charge is 2.58. The predicted molar refractivity (Wildman–Crippen MR) is 201 cm³/mol. The number of aliphatic hydroxyl groups is 2.